The van der Waals surface area contributed by atoms with E-state index in [1.54, 1.807) is 0 Å². The summed E-state index contributed by atoms with van der Waals surface area (Å²) in [5.41, 5.74) is 0.297. The van der Waals surface area contributed by atoms with Gasteiger partial charge in [-0.2, -0.15) is 18.3 Å². The monoisotopic (exact) mass is 325 g/mol. The number of anilines is 1. The summed E-state index contributed by atoms with van der Waals surface area (Å²) < 4.78 is 40.1. The third-order valence-electron chi connectivity index (χ3n) is 4.16. The lowest BCUT2D eigenvalue weighted by atomic mass is 9.92. The van der Waals surface area contributed by atoms with Gasteiger partial charge in [0.1, 0.15) is 5.69 Å². The van der Waals surface area contributed by atoms with Gasteiger partial charge in [-0.15, -0.1) is 0 Å². The van der Waals surface area contributed by atoms with Gasteiger partial charge < -0.3 is 4.90 Å². The molecule has 0 atom stereocenters. The molecule has 2 aromatic heterocycles. The van der Waals surface area contributed by atoms with Gasteiger partial charge in [0, 0.05) is 32.0 Å². The molecule has 1 fully saturated rings. The zero-order chi connectivity index (χ0) is 16.4. The number of hydrogen-bond acceptors (Lipinski definition) is 4. The molecule has 0 amide bonds. The molecule has 1 aliphatic heterocycles. The summed E-state index contributed by atoms with van der Waals surface area (Å²) in [6.45, 7) is 4.15. The smallest absolute Gasteiger partial charge is 0.341 e. The van der Waals surface area contributed by atoms with Crippen molar-refractivity contribution in [2.75, 3.05) is 18.0 Å². The van der Waals surface area contributed by atoms with Crippen LogP contribution in [0.1, 0.15) is 36.9 Å². The molecule has 0 aliphatic carbocycles. The highest BCUT2D eigenvalue weighted by atomic mass is 19.4. The predicted octanol–water partition coefficient (Wildman–Crippen LogP) is 3.10. The third-order valence-corrected chi connectivity index (χ3v) is 4.16. The first-order valence-corrected chi connectivity index (χ1v) is 7.65. The van der Waals surface area contributed by atoms with Gasteiger partial charge >= 0.3 is 6.18 Å². The summed E-state index contributed by atoms with van der Waals surface area (Å²) >= 11 is 0. The summed E-state index contributed by atoms with van der Waals surface area (Å²) in [7, 11) is 0. The van der Waals surface area contributed by atoms with Gasteiger partial charge in [0.05, 0.1) is 6.20 Å². The van der Waals surface area contributed by atoms with Crippen LogP contribution in [0.3, 0.4) is 0 Å². The maximum Gasteiger partial charge on any atom is 0.433 e. The molecule has 1 saturated heterocycles. The van der Waals surface area contributed by atoms with E-state index in [1.165, 1.54) is 11.8 Å². The second kappa shape index (κ2) is 6.17. The average Bonchev–Trinajstić information content (AvgIpc) is 3.03. The first kappa shape index (κ1) is 15.8. The predicted molar refractivity (Wildman–Crippen MR) is 79.1 cm³/mol. The van der Waals surface area contributed by atoms with Crippen molar-refractivity contribution in [3.8, 4) is 0 Å². The van der Waals surface area contributed by atoms with E-state index in [4.69, 9.17) is 0 Å². The summed E-state index contributed by atoms with van der Waals surface area (Å²) in [6, 6.07) is 0.898. The van der Waals surface area contributed by atoms with Gasteiger partial charge in [0.15, 0.2) is 0 Å². The molecule has 2 aromatic rings. The molecule has 3 rings (SSSR count). The molecule has 3 heterocycles. The van der Waals surface area contributed by atoms with Crippen LogP contribution in [0, 0.1) is 0 Å². The molecule has 23 heavy (non-hydrogen) atoms. The van der Waals surface area contributed by atoms with Crippen LogP contribution in [-0.4, -0.2) is 32.8 Å². The summed E-state index contributed by atoms with van der Waals surface area (Å²) in [5, 5.41) is 4.28. The molecule has 0 spiro atoms. The van der Waals surface area contributed by atoms with Crippen LogP contribution >= 0.6 is 0 Å². The van der Waals surface area contributed by atoms with Gasteiger partial charge in [0.25, 0.3) is 0 Å². The summed E-state index contributed by atoms with van der Waals surface area (Å²) in [6.07, 6.45) is 2.36. The molecule has 124 valence electrons. The Hall–Kier alpha value is -2.12. The van der Waals surface area contributed by atoms with Crippen LogP contribution in [0.5, 0.6) is 0 Å². The van der Waals surface area contributed by atoms with Gasteiger partial charge in [0.2, 0.25) is 5.95 Å². The lowest BCUT2D eigenvalue weighted by Crippen LogP contribution is -2.34. The van der Waals surface area contributed by atoms with Crippen molar-refractivity contribution in [1.82, 2.24) is 19.7 Å². The summed E-state index contributed by atoms with van der Waals surface area (Å²) in [5.74, 6) is 0.542. The molecule has 0 aromatic carbocycles. The molecular formula is C15H18F3N5. The van der Waals surface area contributed by atoms with Crippen molar-refractivity contribution in [3.05, 3.63) is 35.9 Å². The fraction of sp³-hybridized carbons (Fsp3) is 0.533. The molecule has 0 radical (unpaired) electrons. The largest absolute Gasteiger partial charge is 0.433 e. The minimum Gasteiger partial charge on any atom is -0.341 e. The number of piperidine rings is 1. The van der Waals surface area contributed by atoms with Gasteiger partial charge in [-0.05, 0) is 37.3 Å². The van der Waals surface area contributed by atoms with Crippen LogP contribution in [-0.2, 0) is 12.7 Å². The van der Waals surface area contributed by atoms with E-state index >= 15 is 0 Å². The third kappa shape index (κ3) is 3.46. The Morgan fingerprint density at radius 1 is 1.26 bits per heavy atom. The van der Waals surface area contributed by atoms with Crippen molar-refractivity contribution in [3.63, 3.8) is 0 Å². The Morgan fingerprint density at radius 3 is 2.61 bits per heavy atom. The topological polar surface area (TPSA) is 46.8 Å². The Bertz CT molecular complexity index is 659. The Morgan fingerprint density at radius 2 is 2.00 bits per heavy atom. The number of aromatic nitrogens is 4. The Kier molecular flexibility index (Phi) is 4.23. The number of hydrogen-bond donors (Lipinski definition) is 0. The van der Waals surface area contributed by atoms with Crippen molar-refractivity contribution in [1.29, 1.82) is 0 Å². The van der Waals surface area contributed by atoms with E-state index in [-0.39, 0.29) is 5.95 Å². The summed E-state index contributed by atoms with van der Waals surface area (Å²) in [4.78, 5) is 9.46. The van der Waals surface area contributed by atoms with Crippen LogP contribution in [0.4, 0.5) is 19.1 Å². The molecular weight excluding hydrogens is 307 g/mol. The van der Waals surface area contributed by atoms with E-state index in [2.05, 4.69) is 15.1 Å². The Balaban J connectivity index is 1.67. The first-order valence-electron chi connectivity index (χ1n) is 7.65. The normalized spacial score (nSPS) is 16.8. The number of halogens is 3. The SMILES string of the molecule is CCn1cc(C2CCN(c3nccc(C(F)(F)F)n3)CC2)cn1. The van der Waals surface area contributed by atoms with Gasteiger partial charge in [-0.3, -0.25) is 4.68 Å². The second-order valence-corrected chi connectivity index (χ2v) is 5.63. The number of rotatable bonds is 3. The van der Waals surface area contributed by atoms with E-state index in [0.717, 1.165) is 25.5 Å². The second-order valence-electron chi connectivity index (χ2n) is 5.63. The van der Waals surface area contributed by atoms with E-state index < -0.39 is 11.9 Å². The van der Waals surface area contributed by atoms with E-state index in [0.29, 0.717) is 19.0 Å². The molecule has 0 unspecified atom stereocenters. The lowest BCUT2D eigenvalue weighted by Gasteiger charge is -2.31. The average molecular weight is 325 g/mol. The molecule has 0 saturated carbocycles. The molecule has 0 bridgehead atoms. The first-order chi connectivity index (χ1) is 11.0. The molecule has 1 aliphatic rings. The fourth-order valence-electron chi connectivity index (χ4n) is 2.83. The van der Waals surface area contributed by atoms with Crippen molar-refractivity contribution in [2.24, 2.45) is 0 Å². The van der Waals surface area contributed by atoms with Crippen molar-refractivity contribution in [2.45, 2.75) is 38.4 Å². The van der Waals surface area contributed by atoms with Crippen molar-refractivity contribution < 1.29 is 13.2 Å². The zero-order valence-corrected chi connectivity index (χ0v) is 12.8. The van der Waals surface area contributed by atoms with Gasteiger partial charge in [-0.25, -0.2) is 9.97 Å². The number of nitrogens with zero attached hydrogens (tertiary/aromatic N) is 5. The van der Waals surface area contributed by atoms with Crippen LogP contribution in [0.25, 0.3) is 0 Å². The fourth-order valence-corrected chi connectivity index (χ4v) is 2.83. The Labute approximate surface area is 132 Å². The van der Waals surface area contributed by atoms with Gasteiger partial charge in [-0.1, -0.05) is 0 Å². The lowest BCUT2D eigenvalue weighted by molar-refractivity contribution is -0.141. The minimum absolute atomic E-state index is 0.155. The number of alkyl halides is 3. The standard InChI is InChI=1S/C15H18F3N5/c1-2-23-10-12(9-20-23)11-4-7-22(8-5-11)14-19-6-3-13(21-14)15(16,17)18/h3,6,9-11H,2,4-5,7-8H2,1H3. The molecule has 8 heteroatoms. The quantitative estimate of drug-likeness (QED) is 0.870. The highest BCUT2D eigenvalue weighted by molar-refractivity contribution is 5.32. The van der Waals surface area contributed by atoms with E-state index in [9.17, 15) is 13.2 Å². The minimum atomic E-state index is -4.44. The highest BCUT2D eigenvalue weighted by Gasteiger charge is 2.33. The highest BCUT2D eigenvalue weighted by Crippen LogP contribution is 2.31. The number of aryl methyl sites for hydroxylation is 1. The molecule has 5 nitrogen and oxygen atoms in total. The maximum absolute atomic E-state index is 12.7. The van der Waals surface area contributed by atoms with Crippen LogP contribution < -0.4 is 4.90 Å². The zero-order valence-electron chi connectivity index (χ0n) is 12.8. The van der Waals surface area contributed by atoms with E-state index in [1.807, 2.05) is 28.9 Å². The maximum atomic E-state index is 12.7. The molecule has 0 N–H and O–H groups in total. The van der Waals surface area contributed by atoms with Crippen LogP contribution in [0.2, 0.25) is 0 Å². The van der Waals surface area contributed by atoms with Crippen LogP contribution in [0.15, 0.2) is 24.7 Å². The van der Waals surface area contributed by atoms with Crippen molar-refractivity contribution >= 4 is 5.95 Å².